The number of rotatable bonds is 4. The van der Waals surface area contributed by atoms with Crippen LogP contribution in [0.3, 0.4) is 0 Å². The molecule has 5 heteroatoms. The monoisotopic (exact) mass is 161 g/mol. The fraction of sp³-hybridized carbons (Fsp3) is 0.667. The zero-order chi connectivity index (χ0) is 8.69. The Morgan fingerprint density at radius 1 is 1.55 bits per heavy atom. The molecule has 0 radical (unpaired) electrons. The van der Waals surface area contributed by atoms with E-state index in [4.69, 9.17) is 5.11 Å². The third kappa shape index (κ3) is 6.63. The summed E-state index contributed by atoms with van der Waals surface area (Å²) < 4.78 is 4.58. The molecule has 0 fully saturated rings. The van der Waals surface area contributed by atoms with Gasteiger partial charge in [-0.1, -0.05) is 6.92 Å². The topological polar surface area (TPSA) is 75.6 Å². The van der Waals surface area contributed by atoms with Crippen LogP contribution in [0.15, 0.2) is 0 Å². The van der Waals surface area contributed by atoms with Crippen LogP contribution in [0.1, 0.15) is 13.3 Å². The maximum atomic E-state index is 10.5. The first-order valence-corrected chi connectivity index (χ1v) is 3.29. The van der Waals surface area contributed by atoms with Crippen LogP contribution in [-0.4, -0.2) is 30.3 Å². The van der Waals surface area contributed by atoms with E-state index in [0.29, 0.717) is 6.42 Å². The van der Waals surface area contributed by atoms with Crippen LogP contribution >= 0.6 is 0 Å². The van der Waals surface area contributed by atoms with Gasteiger partial charge in [0, 0.05) is 6.42 Å². The fourth-order valence-electron chi connectivity index (χ4n) is 0.425. The maximum absolute atomic E-state index is 10.5. The van der Waals surface area contributed by atoms with E-state index in [1.165, 1.54) is 0 Å². The number of ether oxygens (including phenoxy) is 1. The molecule has 0 saturated carbocycles. The van der Waals surface area contributed by atoms with Gasteiger partial charge in [-0.05, 0) is 0 Å². The van der Waals surface area contributed by atoms with Gasteiger partial charge in [-0.3, -0.25) is 4.79 Å². The Morgan fingerprint density at radius 3 is 2.64 bits per heavy atom. The second kappa shape index (κ2) is 5.52. The Hall–Kier alpha value is -1.26. The molecule has 0 aliphatic rings. The molecule has 0 unspecified atom stereocenters. The molecule has 0 aromatic rings. The lowest BCUT2D eigenvalue weighted by atomic mass is 10.5. The molecule has 11 heavy (non-hydrogen) atoms. The van der Waals surface area contributed by atoms with Crippen LogP contribution in [0.25, 0.3) is 0 Å². The quantitative estimate of drug-likeness (QED) is 0.456. The predicted octanol–water partition coefficient (Wildman–Crippen LogP) is 0.207. The smallest absolute Gasteiger partial charge is 0.404 e. The van der Waals surface area contributed by atoms with Crippen molar-refractivity contribution in [1.82, 2.24) is 5.32 Å². The van der Waals surface area contributed by atoms with Crippen molar-refractivity contribution in [3.8, 4) is 0 Å². The number of carboxylic acid groups (broad SMARTS) is 1. The number of hydrogen-bond acceptors (Lipinski definition) is 3. The Kier molecular flexibility index (Phi) is 4.89. The highest BCUT2D eigenvalue weighted by atomic mass is 16.5. The minimum Gasteiger partial charge on any atom is -0.465 e. The lowest BCUT2D eigenvalue weighted by Gasteiger charge is -2.01. The lowest BCUT2D eigenvalue weighted by Crippen LogP contribution is -2.26. The summed E-state index contributed by atoms with van der Waals surface area (Å²) >= 11 is 0. The molecule has 0 saturated heterocycles. The number of amides is 1. The van der Waals surface area contributed by atoms with Gasteiger partial charge >= 0.3 is 12.1 Å². The van der Waals surface area contributed by atoms with E-state index >= 15 is 0 Å². The van der Waals surface area contributed by atoms with Crippen LogP contribution < -0.4 is 5.32 Å². The van der Waals surface area contributed by atoms with E-state index in [2.05, 4.69) is 10.1 Å². The summed E-state index contributed by atoms with van der Waals surface area (Å²) in [6.45, 7) is 1.91. The molecule has 0 aromatic carbocycles. The van der Waals surface area contributed by atoms with E-state index in [9.17, 15) is 9.59 Å². The van der Waals surface area contributed by atoms with Crippen molar-refractivity contribution in [2.45, 2.75) is 13.3 Å². The van der Waals surface area contributed by atoms with Gasteiger partial charge in [0.2, 0.25) is 0 Å². The Labute approximate surface area is 64.3 Å². The number of carbonyl (C=O) groups excluding carboxylic acids is 1. The highest BCUT2D eigenvalue weighted by Gasteiger charge is 1.97. The molecule has 0 atom stereocenters. The van der Waals surface area contributed by atoms with Crippen molar-refractivity contribution >= 4 is 12.1 Å². The average Bonchev–Trinajstić information content (AvgIpc) is 1.97. The highest BCUT2D eigenvalue weighted by Crippen LogP contribution is 1.82. The van der Waals surface area contributed by atoms with Crippen LogP contribution in [-0.2, 0) is 9.53 Å². The van der Waals surface area contributed by atoms with Crippen LogP contribution in [0.4, 0.5) is 4.79 Å². The Morgan fingerprint density at radius 2 is 2.18 bits per heavy atom. The van der Waals surface area contributed by atoms with Crippen molar-refractivity contribution in [2.24, 2.45) is 0 Å². The van der Waals surface area contributed by atoms with E-state index < -0.39 is 6.09 Å². The number of carbonyl (C=O) groups is 2. The van der Waals surface area contributed by atoms with Gasteiger partial charge in [0.05, 0.1) is 6.54 Å². The fourth-order valence-corrected chi connectivity index (χ4v) is 0.425. The molecule has 64 valence electrons. The first-order valence-electron chi connectivity index (χ1n) is 3.29. The van der Waals surface area contributed by atoms with Gasteiger partial charge < -0.3 is 15.2 Å². The molecular formula is C6H11NO4. The summed E-state index contributed by atoms with van der Waals surface area (Å²) in [7, 11) is 0. The van der Waals surface area contributed by atoms with E-state index in [1.54, 1.807) is 6.92 Å². The van der Waals surface area contributed by atoms with Crippen molar-refractivity contribution in [2.75, 3.05) is 13.2 Å². The van der Waals surface area contributed by atoms with E-state index in [0.717, 1.165) is 0 Å². The average molecular weight is 161 g/mol. The van der Waals surface area contributed by atoms with Crippen molar-refractivity contribution in [3.63, 3.8) is 0 Å². The normalized spacial score (nSPS) is 8.82. The standard InChI is InChI=1S/C6H11NO4/c1-2-5(8)11-4-3-7-6(9)10/h7H,2-4H2,1H3,(H,9,10). The van der Waals surface area contributed by atoms with Crippen molar-refractivity contribution in [1.29, 1.82) is 0 Å². The third-order valence-corrected chi connectivity index (χ3v) is 0.930. The maximum Gasteiger partial charge on any atom is 0.404 e. The third-order valence-electron chi connectivity index (χ3n) is 0.930. The molecule has 0 aliphatic heterocycles. The minimum absolute atomic E-state index is 0.0962. The van der Waals surface area contributed by atoms with Gasteiger partial charge in [-0.15, -0.1) is 0 Å². The van der Waals surface area contributed by atoms with Crippen LogP contribution in [0, 0.1) is 0 Å². The van der Waals surface area contributed by atoms with Gasteiger partial charge in [0.1, 0.15) is 6.61 Å². The Bertz CT molecular complexity index is 146. The van der Waals surface area contributed by atoms with E-state index in [1.807, 2.05) is 0 Å². The summed E-state index contributed by atoms with van der Waals surface area (Å²) in [6.07, 6.45) is -0.801. The van der Waals surface area contributed by atoms with Gasteiger partial charge in [-0.25, -0.2) is 4.79 Å². The summed E-state index contributed by atoms with van der Waals surface area (Å²) in [4.78, 5) is 20.3. The first kappa shape index (κ1) is 9.74. The molecule has 0 heterocycles. The molecule has 5 nitrogen and oxygen atoms in total. The second-order valence-electron chi connectivity index (χ2n) is 1.81. The SMILES string of the molecule is CCC(=O)OCCNC(=O)O. The number of esters is 1. The minimum atomic E-state index is -1.11. The second-order valence-corrected chi connectivity index (χ2v) is 1.81. The summed E-state index contributed by atoms with van der Waals surface area (Å²) in [5.41, 5.74) is 0. The highest BCUT2D eigenvalue weighted by molar-refractivity contribution is 5.69. The summed E-state index contributed by atoms with van der Waals surface area (Å²) in [5, 5.41) is 10.1. The molecule has 0 bridgehead atoms. The zero-order valence-electron chi connectivity index (χ0n) is 6.29. The molecule has 0 aliphatic carbocycles. The van der Waals surface area contributed by atoms with Crippen molar-refractivity contribution < 1.29 is 19.4 Å². The van der Waals surface area contributed by atoms with Gasteiger partial charge in [-0.2, -0.15) is 0 Å². The zero-order valence-corrected chi connectivity index (χ0v) is 6.29. The molecule has 1 amide bonds. The predicted molar refractivity (Wildman–Crippen MR) is 37.3 cm³/mol. The molecule has 0 aromatic heterocycles. The number of hydrogen-bond donors (Lipinski definition) is 2. The van der Waals surface area contributed by atoms with Gasteiger partial charge in [0.25, 0.3) is 0 Å². The van der Waals surface area contributed by atoms with Crippen LogP contribution in [0.2, 0.25) is 0 Å². The lowest BCUT2D eigenvalue weighted by molar-refractivity contribution is -0.143. The largest absolute Gasteiger partial charge is 0.465 e. The van der Waals surface area contributed by atoms with E-state index in [-0.39, 0.29) is 19.1 Å². The molecular weight excluding hydrogens is 150 g/mol. The van der Waals surface area contributed by atoms with Gasteiger partial charge in [0.15, 0.2) is 0 Å². The number of nitrogens with one attached hydrogen (secondary N) is 1. The molecule has 2 N–H and O–H groups in total. The molecule has 0 spiro atoms. The first-order chi connectivity index (χ1) is 5.16. The molecule has 0 rings (SSSR count). The Balaban J connectivity index is 3.14. The van der Waals surface area contributed by atoms with Crippen LogP contribution in [0.5, 0.6) is 0 Å². The van der Waals surface area contributed by atoms with Crippen molar-refractivity contribution in [3.05, 3.63) is 0 Å². The summed E-state index contributed by atoms with van der Waals surface area (Å²) in [5.74, 6) is -0.322. The summed E-state index contributed by atoms with van der Waals surface area (Å²) in [6, 6.07) is 0.